The molecule has 0 amide bonds. The van der Waals surface area contributed by atoms with Crippen LogP contribution in [-0.4, -0.2) is 53.4 Å². The van der Waals surface area contributed by atoms with Crippen LogP contribution < -0.4 is 10.6 Å². The topological polar surface area (TPSA) is 93.4 Å². The average molecular weight is 438 g/mol. The highest BCUT2D eigenvalue weighted by Gasteiger charge is 2.12. The van der Waals surface area contributed by atoms with Crippen LogP contribution in [0.15, 0.2) is 11.3 Å². The van der Waals surface area contributed by atoms with Crippen LogP contribution in [0.25, 0.3) is 0 Å². The summed E-state index contributed by atoms with van der Waals surface area (Å²) in [6, 6.07) is 0. The summed E-state index contributed by atoms with van der Waals surface area (Å²) in [4.78, 5) is 15.8. The maximum atomic E-state index is 11.4. The summed E-state index contributed by atoms with van der Waals surface area (Å²) in [5.41, 5.74) is 0. The quantitative estimate of drug-likeness (QED) is 0.270. The normalized spacial score (nSPS) is 12.3. The van der Waals surface area contributed by atoms with Crippen LogP contribution in [0.3, 0.4) is 0 Å². The van der Waals surface area contributed by atoms with Gasteiger partial charge in [0.2, 0.25) is 0 Å². The van der Waals surface area contributed by atoms with E-state index in [-0.39, 0.29) is 35.9 Å². The van der Waals surface area contributed by atoms with Crippen molar-refractivity contribution in [3.63, 3.8) is 0 Å². The van der Waals surface area contributed by atoms with E-state index in [1.807, 2.05) is 18.4 Å². The molecule has 0 bridgehead atoms. The zero-order valence-electron chi connectivity index (χ0n) is 14.2. The van der Waals surface area contributed by atoms with Crippen LogP contribution in [0.2, 0.25) is 0 Å². The molecule has 1 atom stereocenters. The van der Waals surface area contributed by atoms with Crippen molar-refractivity contribution in [2.45, 2.75) is 33.7 Å². The number of rotatable bonds is 8. The number of nitrogens with zero attached hydrogens (tertiary/aromatic N) is 4. The Labute approximate surface area is 154 Å². The van der Waals surface area contributed by atoms with Crippen molar-refractivity contribution < 1.29 is 9.53 Å². The minimum Gasteiger partial charge on any atom is -0.469 e. The van der Waals surface area contributed by atoms with Crippen molar-refractivity contribution in [1.29, 1.82) is 0 Å². The smallest absolute Gasteiger partial charge is 0.310 e. The van der Waals surface area contributed by atoms with Gasteiger partial charge in [-0.25, -0.2) is 0 Å². The molecular weight excluding hydrogens is 411 g/mol. The van der Waals surface area contributed by atoms with E-state index in [0.29, 0.717) is 19.0 Å². The molecule has 9 heteroatoms. The minimum absolute atomic E-state index is 0. The summed E-state index contributed by atoms with van der Waals surface area (Å²) in [5, 5.41) is 14.3. The number of carbonyl (C=O) groups excluding carboxylic acids is 1. The molecule has 2 N–H and O–H groups in total. The van der Waals surface area contributed by atoms with E-state index in [1.54, 1.807) is 13.3 Å². The predicted octanol–water partition coefficient (Wildman–Crippen LogP) is 0.823. The second kappa shape index (κ2) is 12.1. The lowest BCUT2D eigenvalue weighted by molar-refractivity contribution is -0.144. The second-order valence-corrected chi connectivity index (χ2v) is 4.86. The third-order valence-corrected chi connectivity index (χ3v) is 3.13. The van der Waals surface area contributed by atoms with Crippen LogP contribution in [0, 0.1) is 5.92 Å². The first-order chi connectivity index (χ1) is 10.6. The molecule has 0 aromatic carbocycles. The van der Waals surface area contributed by atoms with Crippen molar-refractivity contribution in [3.05, 3.63) is 12.2 Å². The Bertz CT molecular complexity index is 491. The molecule has 1 heterocycles. The summed E-state index contributed by atoms with van der Waals surface area (Å²) in [7, 11) is 1.39. The molecular formula is C14H27IN6O2. The van der Waals surface area contributed by atoms with Gasteiger partial charge in [0, 0.05) is 26.1 Å². The molecule has 0 saturated carbocycles. The summed E-state index contributed by atoms with van der Waals surface area (Å²) < 4.78 is 6.70. The Balaban J connectivity index is 0.00000484. The summed E-state index contributed by atoms with van der Waals surface area (Å²) >= 11 is 0. The Morgan fingerprint density at radius 3 is 2.78 bits per heavy atom. The average Bonchev–Trinajstić information content (AvgIpc) is 2.98. The standard InChI is InChI=1S/C14H26N6O2.HI/c1-5-12-19-18-10-20(12)8-7-16-14(15-6-2)17-9-11(3)13(21)22-4;/h10-11H,5-9H2,1-4H3,(H2,15,16,17);1H. The molecule has 1 aromatic rings. The first-order valence-corrected chi connectivity index (χ1v) is 7.59. The number of halogens is 1. The molecule has 0 radical (unpaired) electrons. The van der Waals surface area contributed by atoms with Gasteiger partial charge < -0.3 is 19.9 Å². The number of methoxy groups -OCH3 is 1. The number of hydrogen-bond acceptors (Lipinski definition) is 5. The van der Waals surface area contributed by atoms with Gasteiger partial charge >= 0.3 is 5.97 Å². The fourth-order valence-corrected chi connectivity index (χ4v) is 1.88. The number of guanidine groups is 1. The van der Waals surface area contributed by atoms with Crippen LogP contribution >= 0.6 is 24.0 Å². The molecule has 0 saturated heterocycles. The Hall–Kier alpha value is -1.39. The molecule has 1 aromatic heterocycles. The molecule has 1 rings (SSSR count). The largest absolute Gasteiger partial charge is 0.469 e. The highest BCUT2D eigenvalue weighted by Crippen LogP contribution is 1.98. The summed E-state index contributed by atoms with van der Waals surface area (Å²) in [6.45, 7) is 8.43. The van der Waals surface area contributed by atoms with Gasteiger partial charge in [0.05, 0.1) is 19.6 Å². The van der Waals surface area contributed by atoms with E-state index in [2.05, 4.69) is 25.8 Å². The van der Waals surface area contributed by atoms with Gasteiger partial charge in [0.15, 0.2) is 5.96 Å². The third kappa shape index (κ3) is 7.62. The van der Waals surface area contributed by atoms with Gasteiger partial charge in [-0.1, -0.05) is 13.8 Å². The number of aryl methyl sites for hydroxylation is 1. The van der Waals surface area contributed by atoms with Gasteiger partial charge in [-0.15, -0.1) is 34.2 Å². The molecule has 0 aliphatic rings. The van der Waals surface area contributed by atoms with Crippen LogP contribution in [-0.2, 0) is 22.5 Å². The number of nitrogens with one attached hydrogen (secondary N) is 2. The monoisotopic (exact) mass is 438 g/mol. The SMILES string of the molecule is CCNC(=NCC(C)C(=O)OC)NCCn1cnnc1CC.I. The Kier molecular flexibility index (Phi) is 11.4. The molecule has 8 nitrogen and oxygen atoms in total. The van der Waals surface area contributed by atoms with Crippen molar-refractivity contribution in [2.75, 3.05) is 26.7 Å². The van der Waals surface area contributed by atoms with E-state index in [4.69, 9.17) is 4.74 Å². The van der Waals surface area contributed by atoms with E-state index in [9.17, 15) is 4.79 Å². The Morgan fingerprint density at radius 2 is 2.17 bits per heavy atom. The van der Waals surface area contributed by atoms with Crippen molar-refractivity contribution in [1.82, 2.24) is 25.4 Å². The Morgan fingerprint density at radius 1 is 1.43 bits per heavy atom. The minimum atomic E-state index is -0.259. The number of carbonyl (C=O) groups is 1. The zero-order valence-corrected chi connectivity index (χ0v) is 16.5. The molecule has 0 fully saturated rings. The number of aromatic nitrogens is 3. The number of aliphatic imine (C=N–C) groups is 1. The lowest BCUT2D eigenvalue weighted by Gasteiger charge is -2.13. The molecule has 23 heavy (non-hydrogen) atoms. The number of ether oxygens (including phenoxy) is 1. The molecule has 0 spiro atoms. The lowest BCUT2D eigenvalue weighted by atomic mass is 10.2. The van der Waals surface area contributed by atoms with Gasteiger partial charge in [0.25, 0.3) is 0 Å². The van der Waals surface area contributed by atoms with Crippen molar-refractivity contribution >= 4 is 35.9 Å². The maximum absolute atomic E-state index is 11.4. The second-order valence-electron chi connectivity index (χ2n) is 4.86. The fraction of sp³-hybridized carbons (Fsp3) is 0.714. The summed E-state index contributed by atoms with van der Waals surface area (Å²) in [6.07, 6.45) is 2.58. The first-order valence-electron chi connectivity index (χ1n) is 7.59. The molecule has 132 valence electrons. The fourth-order valence-electron chi connectivity index (χ4n) is 1.88. The van der Waals surface area contributed by atoms with Crippen LogP contribution in [0.5, 0.6) is 0 Å². The predicted molar refractivity (Wildman–Crippen MR) is 100.0 cm³/mol. The number of hydrogen-bond donors (Lipinski definition) is 2. The van der Waals surface area contributed by atoms with Crippen LogP contribution in [0.4, 0.5) is 0 Å². The first kappa shape index (κ1) is 21.6. The molecule has 0 aliphatic carbocycles. The maximum Gasteiger partial charge on any atom is 0.310 e. The van der Waals surface area contributed by atoms with E-state index >= 15 is 0 Å². The van der Waals surface area contributed by atoms with Gasteiger partial charge in [0.1, 0.15) is 12.2 Å². The highest BCUT2D eigenvalue weighted by atomic mass is 127. The van der Waals surface area contributed by atoms with Crippen molar-refractivity contribution in [2.24, 2.45) is 10.9 Å². The van der Waals surface area contributed by atoms with Crippen molar-refractivity contribution in [3.8, 4) is 0 Å². The van der Waals surface area contributed by atoms with E-state index < -0.39 is 0 Å². The van der Waals surface area contributed by atoms with Gasteiger partial charge in [-0.2, -0.15) is 0 Å². The van der Waals surface area contributed by atoms with Gasteiger partial charge in [-0.05, 0) is 6.92 Å². The van der Waals surface area contributed by atoms with E-state index in [0.717, 1.165) is 25.3 Å². The lowest BCUT2D eigenvalue weighted by Crippen LogP contribution is -2.39. The number of esters is 1. The zero-order chi connectivity index (χ0) is 16.4. The molecule has 1 unspecified atom stereocenters. The third-order valence-electron chi connectivity index (χ3n) is 3.13. The van der Waals surface area contributed by atoms with E-state index in [1.165, 1.54) is 7.11 Å². The highest BCUT2D eigenvalue weighted by molar-refractivity contribution is 14.0. The van der Waals surface area contributed by atoms with Gasteiger partial charge in [-0.3, -0.25) is 9.79 Å². The molecule has 0 aliphatic heterocycles. The van der Waals surface area contributed by atoms with Crippen LogP contribution in [0.1, 0.15) is 26.6 Å². The summed E-state index contributed by atoms with van der Waals surface area (Å²) in [5.74, 6) is 1.13.